The van der Waals surface area contributed by atoms with Crippen molar-refractivity contribution in [1.29, 1.82) is 0 Å². The minimum Gasteiger partial charge on any atom is -0.462 e. The summed E-state index contributed by atoms with van der Waals surface area (Å²) in [5.74, 6) is -0.758. The Morgan fingerprint density at radius 3 is 2.53 bits per heavy atom. The highest BCUT2D eigenvalue weighted by Gasteiger charge is 2.21. The molecule has 1 aromatic carbocycles. The summed E-state index contributed by atoms with van der Waals surface area (Å²) in [5.41, 5.74) is 1.50. The average Bonchev–Trinajstić information content (AvgIpc) is 2.28. The highest BCUT2D eigenvalue weighted by Crippen LogP contribution is 2.17. The summed E-state index contributed by atoms with van der Waals surface area (Å²) in [5, 5.41) is -0.662. The third-order valence-corrected chi connectivity index (χ3v) is 2.50. The van der Waals surface area contributed by atoms with E-state index in [1.807, 2.05) is 6.92 Å². The van der Waals surface area contributed by atoms with E-state index in [-0.39, 0.29) is 18.0 Å². The fourth-order valence-corrected chi connectivity index (χ4v) is 1.58. The second kappa shape index (κ2) is 5.82. The summed E-state index contributed by atoms with van der Waals surface area (Å²) in [7, 11) is 0. The van der Waals surface area contributed by atoms with Crippen molar-refractivity contribution in [3.63, 3.8) is 0 Å². The third-order valence-electron chi connectivity index (χ3n) is 2.30. The van der Waals surface area contributed by atoms with Crippen LogP contribution >= 0.6 is 11.6 Å². The van der Waals surface area contributed by atoms with Crippen molar-refractivity contribution in [3.05, 3.63) is 34.9 Å². The van der Waals surface area contributed by atoms with Crippen LogP contribution in [0.15, 0.2) is 18.2 Å². The van der Waals surface area contributed by atoms with E-state index < -0.39 is 11.3 Å². The van der Waals surface area contributed by atoms with Crippen molar-refractivity contribution in [3.8, 4) is 0 Å². The van der Waals surface area contributed by atoms with Crippen LogP contribution in [0, 0.1) is 6.92 Å². The Bertz CT molecular complexity index is 438. The molecule has 0 amide bonds. The Labute approximate surface area is 106 Å². The van der Waals surface area contributed by atoms with E-state index in [0.717, 1.165) is 5.56 Å². The Morgan fingerprint density at radius 1 is 1.35 bits per heavy atom. The van der Waals surface area contributed by atoms with Crippen LogP contribution in [0.5, 0.6) is 0 Å². The SMILES string of the molecule is CCOC(=O)c1ccc(C)cc1C(=O)C(C)Cl. The topological polar surface area (TPSA) is 43.4 Å². The van der Waals surface area contributed by atoms with E-state index in [4.69, 9.17) is 16.3 Å². The minimum absolute atomic E-state index is 0.265. The van der Waals surface area contributed by atoms with Gasteiger partial charge in [0.25, 0.3) is 0 Å². The van der Waals surface area contributed by atoms with E-state index >= 15 is 0 Å². The van der Waals surface area contributed by atoms with Crippen LogP contribution in [0.3, 0.4) is 0 Å². The lowest BCUT2D eigenvalue weighted by atomic mass is 9.99. The third kappa shape index (κ3) is 3.30. The molecule has 1 aromatic rings. The van der Waals surface area contributed by atoms with E-state index in [2.05, 4.69) is 0 Å². The van der Waals surface area contributed by atoms with Gasteiger partial charge < -0.3 is 4.74 Å². The highest BCUT2D eigenvalue weighted by molar-refractivity contribution is 6.34. The maximum atomic E-state index is 11.9. The first-order chi connectivity index (χ1) is 7.97. The van der Waals surface area contributed by atoms with Crippen molar-refractivity contribution in [2.45, 2.75) is 26.1 Å². The number of benzene rings is 1. The molecule has 0 fully saturated rings. The van der Waals surface area contributed by atoms with Gasteiger partial charge in [0.15, 0.2) is 5.78 Å². The van der Waals surface area contributed by atoms with Gasteiger partial charge in [-0.2, -0.15) is 0 Å². The molecule has 1 atom stereocenters. The molecule has 4 heteroatoms. The maximum absolute atomic E-state index is 11.9. The molecule has 0 aliphatic rings. The number of alkyl halides is 1. The number of carbonyl (C=O) groups is 2. The standard InChI is InChI=1S/C13H15ClO3/c1-4-17-13(16)10-6-5-8(2)7-11(10)12(15)9(3)14/h5-7,9H,4H2,1-3H3. The summed E-state index contributed by atoms with van der Waals surface area (Å²) in [6.45, 7) is 5.43. The van der Waals surface area contributed by atoms with E-state index in [0.29, 0.717) is 5.56 Å². The number of hydrogen-bond acceptors (Lipinski definition) is 3. The molecular formula is C13H15ClO3. The lowest BCUT2D eigenvalue weighted by molar-refractivity contribution is 0.0523. The molecule has 0 spiro atoms. The molecule has 0 aliphatic carbocycles. The van der Waals surface area contributed by atoms with Crippen LogP contribution < -0.4 is 0 Å². The molecule has 0 radical (unpaired) electrons. The zero-order chi connectivity index (χ0) is 13.0. The largest absolute Gasteiger partial charge is 0.462 e. The first-order valence-corrected chi connectivity index (χ1v) is 5.87. The van der Waals surface area contributed by atoms with Gasteiger partial charge in [-0.25, -0.2) is 4.79 Å². The second-order valence-corrected chi connectivity index (χ2v) is 4.40. The van der Waals surface area contributed by atoms with Crippen molar-refractivity contribution in [1.82, 2.24) is 0 Å². The van der Waals surface area contributed by atoms with Crippen LogP contribution in [-0.4, -0.2) is 23.7 Å². The molecule has 1 rings (SSSR count). The van der Waals surface area contributed by atoms with Crippen molar-refractivity contribution in [2.24, 2.45) is 0 Å². The molecule has 0 aliphatic heterocycles. The number of carbonyl (C=O) groups excluding carboxylic acids is 2. The van der Waals surface area contributed by atoms with Crippen LogP contribution in [-0.2, 0) is 4.74 Å². The van der Waals surface area contributed by atoms with E-state index in [1.165, 1.54) is 0 Å². The number of rotatable bonds is 4. The Balaban J connectivity index is 3.21. The van der Waals surface area contributed by atoms with Crippen molar-refractivity contribution in [2.75, 3.05) is 6.61 Å². The normalized spacial score (nSPS) is 12.0. The van der Waals surface area contributed by atoms with Gasteiger partial charge in [0.05, 0.1) is 17.5 Å². The Morgan fingerprint density at radius 2 is 2.00 bits per heavy atom. The molecule has 0 bridgehead atoms. The molecule has 1 unspecified atom stereocenters. The molecule has 0 N–H and O–H groups in total. The van der Waals surface area contributed by atoms with Crippen LogP contribution in [0.1, 0.15) is 40.1 Å². The number of aryl methyl sites for hydroxylation is 1. The zero-order valence-corrected chi connectivity index (χ0v) is 10.9. The van der Waals surface area contributed by atoms with E-state index in [1.54, 1.807) is 32.0 Å². The second-order valence-electron chi connectivity index (χ2n) is 3.75. The van der Waals surface area contributed by atoms with Crippen LogP contribution in [0.4, 0.5) is 0 Å². The fourth-order valence-electron chi connectivity index (χ4n) is 1.46. The number of ketones is 1. The molecule has 3 nitrogen and oxygen atoms in total. The van der Waals surface area contributed by atoms with Gasteiger partial charge in [0.1, 0.15) is 0 Å². The van der Waals surface area contributed by atoms with Gasteiger partial charge >= 0.3 is 5.97 Å². The van der Waals surface area contributed by atoms with Gasteiger partial charge in [0, 0.05) is 5.56 Å². The molecular weight excluding hydrogens is 240 g/mol. The first kappa shape index (κ1) is 13.7. The Hall–Kier alpha value is -1.35. The quantitative estimate of drug-likeness (QED) is 0.471. The van der Waals surface area contributed by atoms with Crippen molar-refractivity contribution >= 4 is 23.4 Å². The summed E-state index contributed by atoms with van der Waals surface area (Å²) >= 11 is 5.77. The van der Waals surface area contributed by atoms with Crippen molar-refractivity contribution < 1.29 is 14.3 Å². The molecule has 92 valence electrons. The van der Waals surface area contributed by atoms with Gasteiger partial charge in [-0.1, -0.05) is 11.6 Å². The molecule has 17 heavy (non-hydrogen) atoms. The van der Waals surface area contributed by atoms with E-state index in [9.17, 15) is 9.59 Å². The molecule has 0 saturated carbocycles. The predicted molar refractivity (Wildman–Crippen MR) is 66.8 cm³/mol. The van der Waals surface area contributed by atoms with Gasteiger partial charge in [-0.05, 0) is 32.9 Å². The lowest BCUT2D eigenvalue weighted by Gasteiger charge is -2.10. The molecule has 0 aromatic heterocycles. The average molecular weight is 255 g/mol. The summed E-state index contributed by atoms with van der Waals surface area (Å²) in [6, 6.07) is 5.02. The number of esters is 1. The zero-order valence-electron chi connectivity index (χ0n) is 10.1. The van der Waals surface area contributed by atoms with Crippen LogP contribution in [0.2, 0.25) is 0 Å². The number of Topliss-reactive ketones (excluding diaryl/α,β-unsaturated/α-hetero) is 1. The number of ether oxygens (including phenoxy) is 1. The summed E-state index contributed by atoms with van der Waals surface area (Å²) < 4.78 is 4.90. The molecule has 0 heterocycles. The Kier molecular flexibility index (Phi) is 4.70. The minimum atomic E-state index is -0.662. The maximum Gasteiger partial charge on any atom is 0.338 e. The highest BCUT2D eigenvalue weighted by atomic mass is 35.5. The lowest BCUT2D eigenvalue weighted by Crippen LogP contribution is -2.17. The summed E-state index contributed by atoms with van der Waals surface area (Å²) in [4.78, 5) is 23.6. The van der Waals surface area contributed by atoms with Gasteiger partial charge in [-0.3, -0.25) is 4.79 Å². The van der Waals surface area contributed by atoms with Gasteiger partial charge in [-0.15, -0.1) is 11.6 Å². The number of halogens is 1. The smallest absolute Gasteiger partial charge is 0.338 e. The van der Waals surface area contributed by atoms with Gasteiger partial charge in [0.2, 0.25) is 0 Å². The summed E-state index contributed by atoms with van der Waals surface area (Å²) in [6.07, 6.45) is 0. The number of hydrogen-bond donors (Lipinski definition) is 0. The predicted octanol–water partition coefficient (Wildman–Crippen LogP) is 2.98. The fraction of sp³-hybridized carbons (Fsp3) is 0.385. The first-order valence-electron chi connectivity index (χ1n) is 5.43. The van der Waals surface area contributed by atoms with Crippen LogP contribution in [0.25, 0.3) is 0 Å². The monoisotopic (exact) mass is 254 g/mol. The molecule has 0 saturated heterocycles.